The molecule has 1 aromatic heterocycles. The van der Waals surface area contributed by atoms with Gasteiger partial charge in [0, 0.05) is 16.8 Å². The van der Waals surface area contributed by atoms with Crippen LogP contribution in [-0.4, -0.2) is 28.0 Å². The number of fused-ring (bicyclic) bond motifs is 1. The largest absolute Gasteiger partial charge is 0.495 e. The Bertz CT molecular complexity index is 1360. The number of hydrogen-bond donors (Lipinski definition) is 2. The minimum atomic E-state index is -4.02. The number of nitrogens with one attached hydrogen (secondary N) is 2. The van der Waals surface area contributed by atoms with Gasteiger partial charge in [-0.3, -0.25) is 9.52 Å². The summed E-state index contributed by atoms with van der Waals surface area (Å²) in [5.41, 5.74) is 1.21. The van der Waals surface area contributed by atoms with E-state index in [2.05, 4.69) is 10.0 Å². The molecule has 0 bridgehead atoms. The fraction of sp³-hybridized carbons (Fsp3) is 0.125. The molecular formula is C24H22N2O6S. The van der Waals surface area contributed by atoms with E-state index in [1.54, 1.807) is 42.5 Å². The number of para-hydroxylation sites is 1. The molecular weight excluding hydrogens is 444 g/mol. The average Bonchev–Trinajstić information content (AvgIpc) is 3.25. The molecule has 0 saturated heterocycles. The van der Waals surface area contributed by atoms with E-state index >= 15 is 0 Å². The van der Waals surface area contributed by atoms with Crippen molar-refractivity contribution in [3.05, 3.63) is 78.6 Å². The van der Waals surface area contributed by atoms with Gasteiger partial charge in [0.15, 0.2) is 5.76 Å². The molecule has 0 aliphatic carbocycles. The Morgan fingerprint density at radius 3 is 2.39 bits per heavy atom. The van der Waals surface area contributed by atoms with Crippen molar-refractivity contribution < 1.29 is 27.1 Å². The molecule has 0 aliphatic heterocycles. The predicted molar refractivity (Wildman–Crippen MR) is 126 cm³/mol. The topological polar surface area (TPSA) is 107 Å². The van der Waals surface area contributed by atoms with E-state index in [4.69, 9.17) is 13.9 Å². The molecule has 2 N–H and O–H groups in total. The van der Waals surface area contributed by atoms with Gasteiger partial charge in [-0.05, 0) is 61.5 Å². The van der Waals surface area contributed by atoms with Crippen LogP contribution in [0.25, 0.3) is 11.0 Å². The molecule has 170 valence electrons. The van der Waals surface area contributed by atoms with Gasteiger partial charge < -0.3 is 19.2 Å². The number of carbonyl (C=O) groups is 1. The number of amides is 1. The molecule has 0 saturated carbocycles. The highest BCUT2D eigenvalue weighted by Crippen LogP contribution is 2.30. The van der Waals surface area contributed by atoms with Crippen molar-refractivity contribution in [2.24, 2.45) is 0 Å². The third-order valence-electron chi connectivity index (χ3n) is 4.78. The van der Waals surface area contributed by atoms with Crippen LogP contribution >= 0.6 is 0 Å². The zero-order chi connectivity index (χ0) is 23.4. The summed E-state index contributed by atoms with van der Waals surface area (Å²) in [5.74, 6) is 0.381. The Kier molecular flexibility index (Phi) is 6.23. The summed E-state index contributed by atoms with van der Waals surface area (Å²) >= 11 is 0. The third kappa shape index (κ3) is 4.93. The van der Waals surface area contributed by atoms with Crippen molar-refractivity contribution in [3.63, 3.8) is 0 Å². The molecule has 3 aromatic carbocycles. The van der Waals surface area contributed by atoms with E-state index in [9.17, 15) is 13.2 Å². The Morgan fingerprint density at radius 1 is 0.970 bits per heavy atom. The van der Waals surface area contributed by atoms with Crippen LogP contribution in [-0.2, 0) is 10.0 Å². The summed E-state index contributed by atoms with van der Waals surface area (Å²) in [4.78, 5) is 12.5. The number of benzene rings is 3. The van der Waals surface area contributed by atoms with E-state index in [1.807, 2.05) is 25.1 Å². The molecule has 8 nitrogen and oxygen atoms in total. The second kappa shape index (κ2) is 9.25. The maximum atomic E-state index is 13.1. The van der Waals surface area contributed by atoms with Gasteiger partial charge in [-0.2, -0.15) is 0 Å². The molecule has 0 atom stereocenters. The first kappa shape index (κ1) is 22.2. The summed E-state index contributed by atoms with van der Waals surface area (Å²) < 4.78 is 44.8. The second-order valence-corrected chi connectivity index (χ2v) is 8.68. The number of methoxy groups -OCH3 is 1. The van der Waals surface area contributed by atoms with Crippen molar-refractivity contribution in [1.82, 2.24) is 0 Å². The lowest BCUT2D eigenvalue weighted by molar-refractivity contribution is 0.0998. The third-order valence-corrected chi connectivity index (χ3v) is 6.18. The highest BCUT2D eigenvalue weighted by Gasteiger charge is 2.22. The van der Waals surface area contributed by atoms with Gasteiger partial charge in [-0.1, -0.05) is 18.2 Å². The minimum Gasteiger partial charge on any atom is -0.495 e. The van der Waals surface area contributed by atoms with Gasteiger partial charge in [-0.15, -0.1) is 0 Å². The second-order valence-electron chi connectivity index (χ2n) is 7.03. The monoisotopic (exact) mass is 466 g/mol. The van der Waals surface area contributed by atoms with Gasteiger partial charge in [0.05, 0.1) is 13.7 Å². The highest BCUT2D eigenvalue weighted by molar-refractivity contribution is 7.92. The van der Waals surface area contributed by atoms with E-state index in [0.717, 1.165) is 5.39 Å². The van der Waals surface area contributed by atoms with Crippen molar-refractivity contribution in [2.75, 3.05) is 23.8 Å². The van der Waals surface area contributed by atoms with E-state index in [0.29, 0.717) is 23.6 Å². The van der Waals surface area contributed by atoms with Crippen molar-refractivity contribution in [3.8, 4) is 11.5 Å². The van der Waals surface area contributed by atoms with Crippen LogP contribution in [0.1, 0.15) is 17.5 Å². The van der Waals surface area contributed by atoms with Crippen LogP contribution in [0.3, 0.4) is 0 Å². The maximum Gasteiger partial charge on any atom is 0.291 e. The summed E-state index contributed by atoms with van der Waals surface area (Å²) in [5, 5.41) is 3.46. The number of rotatable bonds is 8. The van der Waals surface area contributed by atoms with Crippen LogP contribution in [0, 0.1) is 0 Å². The van der Waals surface area contributed by atoms with Gasteiger partial charge in [0.2, 0.25) is 0 Å². The highest BCUT2D eigenvalue weighted by atomic mass is 32.2. The molecule has 1 amide bonds. The molecule has 9 heteroatoms. The lowest BCUT2D eigenvalue weighted by Crippen LogP contribution is -2.16. The fourth-order valence-corrected chi connectivity index (χ4v) is 4.50. The first-order chi connectivity index (χ1) is 15.9. The Hall–Kier alpha value is -3.98. The molecule has 0 unspecified atom stereocenters. The molecule has 0 radical (unpaired) electrons. The van der Waals surface area contributed by atoms with Crippen molar-refractivity contribution >= 4 is 38.3 Å². The summed E-state index contributed by atoms with van der Waals surface area (Å²) in [6.07, 6.45) is 0. The van der Waals surface area contributed by atoms with Crippen molar-refractivity contribution in [2.45, 2.75) is 11.8 Å². The SMILES string of the molecule is CCOc1ccc(NS(=O)(=O)c2cc(NC(=O)c3cc4ccccc4o3)ccc2OC)cc1. The minimum absolute atomic E-state index is 0.115. The number of anilines is 2. The quantitative estimate of drug-likeness (QED) is 0.383. The summed E-state index contributed by atoms with van der Waals surface area (Å²) in [7, 11) is -2.64. The normalized spacial score (nSPS) is 11.2. The van der Waals surface area contributed by atoms with Crippen LogP contribution < -0.4 is 19.5 Å². The predicted octanol–water partition coefficient (Wildman–Crippen LogP) is 4.89. The Morgan fingerprint density at radius 2 is 1.70 bits per heavy atom. The van der Waals surface area contributed by atoms with E-state index in [1.165, 1.54) is 19.2 Å². The first-order valence-corrected chi connectivity index (χ1v) is 11.6. The molecule has 0 spiro atoms. The maximum absolute atomic E-state index is 13.1. The van der Waals surface area contributed by atoms with Crippen LogP contribution in [0.5, 0.6) is 11.5 Å². The molecule has 1 heterocycles. The van der Waals surface area contributed by atoms with Gasteiger partial charge in [-0.25, -0.2) is 8.42 Å². The van der Waals surface area contributed by atoms with E-state index in [-0.39, 0.29) is 22.1 Å². The first-order valence-electron chi connectivity index (χ1n) is 10.1. The number of furan rings is 1. The van der Waals surface area contributed by atoms with Crippen molar-refractivity contribution in [1.29, 1.82) is 0 Å². The van der Waals surface area contributed by atoms with Crippen LogP contribution in [0.4, 0.5) is 11.4 Å². The number of ether oxygens (including phenoxy) is 2. The standard InChI is InChI=1S/C24H22N2O6S/c1-3-31-19-11-8-17(9-12-19)26-33(28,29)23-15-18(10-13-21(23)30-2)25-24(27)22-14-16-6-4-5-7-20(16)32-22/h4-15,26H,3H2,1-2H3,(H,25,27). The number of hydrogen-bond acceptors (Lipinski definition) is 6. The smallest absolute Gasteiger partial charge is 0.291 e. The lowest BCUT2D eigenvalue weighted by atomic mass is 10.2. The molecule has 33 heavy (non-hydrogen) atoms. The zero-order valence-corrected chi connectivity index (χ0v) is 18.8. The molecule has 4 aromatic rings. The zero-order valence-electron chi connectivity index (χ0n) is 18.0. The van der Waals surface area contributed by atoms with Crippen LogP contribution in [0.2, 0.25) is 0 Å². The summed E-state index contributed by atoms with van der Waals surface area (Å²) in [6.45, 7) is 2.37. The fourth-order valence-electron chi connectivity index (χ4n) is 3.25. The molecule has 4 rings (SSSR count). The Labute approximate surface area is 191 Å². The Balaban J connectivity index is 1.58. The lowest BCUT2D eigenvalue weighted by Gasteiger charge is -2.14. The van der Waals surface area contributed by atoms with Gasteiger partial charge in [0.25, 0.3) is 15.9 Å². The van der Waals surface area contributed by atoms with Crippen LogP contribution in [0.15, 0.2) is 82.1 Å². The van der Waals surface area contributed by atoms with Gasteiger partial charge in [0.1, 0.15) is 22.0 Å². The van der Waals surface area contributed by atoms with Gasteiger partial charge >= 0.3 is 0 Å². The summed E-state index contributed by atoms with van der Waals surface area (Å²) in [6, 6.07) is 19.8. The van der Waals surface area contributed by atoms with E-state index < -0.39 is 15.9 Å². The number of carbonyl (C=O) groups excluding carboxylic acids is 1. The average molecular weight is 467 g/mol. The molecule has 0 aliphatic rings. The number of sulfonamides is 1. The molecule has 0 fully saturated rings.